The summed E-state index contributed by atoms with van der Waals surface area (Å²) in [4.78, 5) is 13.1. The van der Waals surface area contributed by atoms with Crippen LogP contribution in [-0.4, -0.2) is 12.1 Å². The molecule has 1 N–H and O–H groups in total. The lowest BCUT2D eigenvalue weighted by molar-refractivity contribution is -0.121. The number of hydrazone groups is 1. The third kappa shape index (κ3) is 6.77. The molecule has 0 fully saturated rings. The molecule has 36 heavy (non-hydrogen) atoms. The summed E-state index contributed by atoms with van der Waals surface area (Å²) < 4.78 is 7.41. The normalized spacial score (nSPS) is 11.1. The van der Waals surface area contributed by atoms with E-state index in [1.165, 1.54) is 0 Å². The van der Waals surface area contributed by atoms with Gasteiger partial charge in [-0.3, -0.25) is 4.79 Å². The predicted octanol–water partition coefficient (Wildman–Crippen LogP) is 8.38. The summed E-state index contributed by atoms with van der Waals surface area (Å²) in [6.07, 6.45) is 1.58. The molecule has 0 aliphatic heterocycles. The molecule has 0 bridgehead atoms. The van der Waals surface area contributed by atoms with E-state index in [1.54, 1.807) is 18.3 Å². The molecule has 4 nitrogen and oxygen atoms in total. The maximum atomic E-state index is 13.1. The van der Waals surface area contributed by atoms with Gasteiger partial charge in [-0.25, -0.2) is 5.43 Å². The van der Waals surface area contributed by atoms with Gasteiger partial charge < -0.3 is 4.74 Å². The Labute approximate surface area is 236 Å². The first kappa shape index (κ1) is 26.4. The van der Waals surface area contributed by atoms with Crippen molar-refractivity contribution in [1.82, 2.24) is 5.43 Å². The van der Waals surface area contributed by atoms with Crippen molar-refractivity contribution >= 4 is 67.2 Å². The van der Waals surface area contributed by atoms with Crippen molar-refractivity contribution in [3.05, 3.63) is 132 Å². The molecular weight excluding hydrogens is 627 g/mol. The highest BCUT2D eigenvalue weighted by atomic mass is 79.9. The number of hydrogen-bond acceptors (Lipinski definition) is 3. The highest BCUT2D eigenvalue weighted by Gasteiger charge is 2.22. The van der Waals surface area contributed by atoms with Crippen LogP contribution in [0.15, 0.2) is 105 Å². The van der Waals surface area contributed by atoms with Crippen LogP contribution in [0.5, 0.6) is 5.75 Å². The van der Waals surface area contributed by atoms with E-state index in [2.05, 4.69) is 42.4 Å². The monoisotopic (exact) mass is 644 g/mol. The zero-order valence-electron chi connectivity index (χ0n) is 18.8. The van der Waals surface area contributed by atoms with Crippen LogP contribution in [0.2, 0.25) is 10.0 Å². The lowest BCUT2D eigenvalue weighted by Gasteiger charge is -2.16. The fraction of sp³-hybridized carbons (Fsp3) is 0.0714. The zero-order valence-corrected chi connectivity index (χ0v) is 23.5. The molecule has 0 unspecified atom stereocenters. The number of hydrogen-bond donors (Lipinski definition) is 1. The SMILES string of the molecule is O=C(N/N=C/c1cc(Br)c(OCc2ccc(Cl)cc2Cl)c(Br)c1)C(c1ccccc1)c1ccccc1. The summed E-state index contributed by atoms with van der Waals surface area (Å²) in [7, 11) is 0. The number of nitrogens with zero attached hydrogens (tertiary/aromatic N) is 1. The quantitative estimate of drug-likeness (QED) is 0.154. The molecule has 182 valence electrons. The molecule has 0 saturated heterocycles. The van der Waals surface area contributed by atoms with Gasteiger partial charge in [-0.2, -0.15) is 5.10 Å². The van der Waals surface area contributed by atoms with E-state index in [-0.39, 0.29) is 12.5 Å². The van der Waals surface area contributed by atoms with Crippen molar-refractivity contribution in [3.8, 4) is 5.75 Å². The number of benzene rings is 4. The van der Waals surface area contributed by atoms with Gasteiger partial charge in [0, 0.05) is 15.6 Å². The fourth-order valence-electron chi connectivity index (χ4n) is 3.60. The number of rotatable bonds is 8. The van der Waals surface area contributed by atoms with Crippen molar-refractivity contribution in [2.75, 3.05) is 0 Å². The summed E-state index contributed by atoms with van der Waals surface area (Å²) in [5, 5.41) is 5.31. The molecule has 0 aliphatic rings. The number of amides is 1. The van der Waals surface area contributed by atoms with E-state index in [0.29, 0.717) is 15.8 Å². The van der Waals surface area contributed by atoms with Crippen LogP contribution in [0, 0.1) is 0 Å². The number of halogens is 4. The van der Waals surface area contributed by atoms with Gasteiger partial charge in [-0.05, 0) is 72.8 Å². The van der Waals surface area contributed by atoms with Crippen LogP contribution in [0.3, 0.4) is 0 Å². The van der Waals surface area contributed by atoms with Crippen LogP contribution in [-0.2, 0) is 11.4 Å². The van der Waals surface area contributed by atoms with Crippen LogP contribution in [0.1, 0.15) is 28.2 Å². The van der Waals surface area contributed by atoms with Gasteiger partial charge in [-0.15, -0.1) is 0 Å². The summed E-state index contributed by atoms with van der Waals surface area (Å²) in [6.45, 7) is 0.275. The summed E-state index contributed by atoms with van der Waals surface area (Å²) >= 11 is 19.3. The van der Waals surface area contributed by atoms with E-state index >= 15 is 0 Å². The minimum absolute atomic E-state index is 0.221. The average molecular weight is 647 g/mol. The fourth-order valence-corrected chi connectivity index (χ4v) is 5.52. The Kier molecular flexibility index (Phi) is 9.21. The van der Waals surface area contributed by atoms with Crippen molar-refractivity contribution < 1.29 is 9.53 Å². The Morgan fingerprint density at radius 1 is 0.889 bits per heavy atom. The van der Waals surface area contributed by atoms with E-state index in [9.17, 15) is 4.79 Å². The molecule has 0 radical (unpaired) electrons. The lowest BCUT2D eigenvalue weighted by atomic mass is 9.91. The second-order valence-corrected chi connectivity index (χ2v) is 10.4. The number of ether oxygens (including phenoxy) is 1. The highest BCUT2D eigenvalue weighted by Crippen LogP contribution is 2.35. The average Bonchev–Trinajstić information content (AvgIpc) is 2.86. The smallest absolute Gasteiger partial charge is 0.252 e. The lowest BCUT2D eigenvalue weighted by Crippen LogP contribution is -2.26. The number of carbonyl (C=O) groups is 1. The van der Waals surface area contributed by atoms with Gasteiger partial charge in [-0.1, -0.05) is 89.9 Å². The van der Waals surface area contributed by atoms with Crippen LogP contribution < -0.4 is 10.2 Å². The second kappa shape index (κ2) is 12.5. The summed E-state index contributed by atoms with van der Waals surface area (Å²) in [5.41, 5.74) is 6.05. The standard InChI is InChI=1S/C28H20Br2Cl2N2O2/c29-23-13-18(14-24(30)27(23)36-17-21-11-12-22(31)15-25(21)32)16-33-34-28(35)26(19-7-3-1-4-8-19)20-9-5-2-6-10-20/h1-16,26H,17H2,(H,34,35)/b33-16+. The third-order valence-electron chi connectivity index (χ3n) is 5.32. The minimum atomic E-state index is -0.474. The van der Waals surface area contributed by atoms with Gasteiger partial charge in [0.2, 0.25) is 0 Å². The summed E-state index contributed by atoms with van der Waals surface area (Å²) in [5.74, 6) is -0.0736. The number of nitrogens with one attached hydrogen (secondary N) is 1. The van der Waals surface area contributed by atoms with Crippen LogP contribution >= 0.6 is 55.1 Å². The van der Waals surface area contributed by atoms with Crippen LogP contribution in [0.25, 0.3) is 0 Å². The molecule has 0 heterocycles. The molecule has 4 aromatic rings. The third-order valence-corrected chi connectivity index (χ3v) is 7.09. The van der Waals surface area contributed by atoms with Crippen molar-refractivity contribution in [1.29, 1.82) is 0 Å². The van der Waals surface area contributed by atoms with E-state index < -0.39 is 5.92 Å². The molecule has 1 amide bonds. The van der Waals surface area contributed by atoms with E-state index in [1.807, 2.05) is 78.9 Å². The predicted molar refractivity (Wildman–Crippen MR) is 153 cm³/mol. The van der Waals surface area contributed by atoms with Crippen molar-refractivity contribution in [3.63, 3.8) is 0 Å². The molecule has 4 rings (SSSR count). The van der Waals surface area contributed by atoms with Gasteiger partial charge >= 0.3 is 0 Å². The largest absolute Gasteiger partial charge is 0.486 e. The Morgan fingerprint density at radius 2 is 1.47 bits per heavy atom. The highest BCUT2D eigenvalue weighted by molar-refractivity contribution is 9.11. The second-order valence-electron chi connectivity index (χ2n) is 7.83. The first-order chi connectivity index (χ1) is 17.4. The van der Waals surface area contributed by atoms with Gasteiger partial charge in [0.25, 0.3) is 5.91 Å². The van der Waals surface area contributed by atoms with Gasteiger partial charge in [0.05, 0.1) is 21.1 Å². The molecule has 0 atom stereocenters. The zero-order chi connectivity index (χ0) is 25.5. The van der Waals surface area contributed by atoms with Crippen molar-refractivity contribution in [2.24, 2.45) is 5.10 Å². The molecule has 0 spiro atoms. The molecular formula is C28H20Br2Cl2N2O2. The van der Waals surface area contributed by atoms with E-state index in [4.69, 9.17) is 27.9 Å². The first-order valence-corrected chi connectivity index (χ1v) is 13.2. The van der Waals surface area contributed by atoms with Gasteiger partial charge in [0.15, 0.2) is 0 Å². The van der Waals surface area contributed by atoms with Crippen molar-refractivity contribution in [2.45, 2.75) is 12.5 Å². The molecule has 4 aromatic carbocycles. The summed E-state index contributed by atoms with van der Waals surface area (Å²) in [6, 6.07) is 28.2. The Bertz CT molecular complexity index is 1320. The Morgan fingerprint density at radius 3 is 2.03 bits per heavy atom. The Balaban J connectivity index is 1.46. The van der Waals surface area contributed by atoms with E-state index in [0.717, 1.165) is 31.2 Å². The minimum Gasteiger partial charge on any atom is -0.486 e. The molecule has 0 aromatic heterocycles. The van der Waals surface area contributed by atoms with Gasteiger partial charge in [0.1, 0.15) is 12.4 Å². The maximum absolute atomic E-state index is 13.1. The number of carbonyl (C=O) groups excluding carboxylic acids is 1. The first-order valence-electron chi connectivity index (χ1n) is 10.9. The Hall–Kier alpha value is -2.64. The maximum Gasteiger partial charge on any atom is 0.252 e. The van der Waals surface area contributed by atoms with Crippen LogP contribution in [0.4, 0.5) is 0 Å². The molecule has 0 aliphatic carbocycles. The molecule has 0 saturated carbocycles. The molecule has 8 heteroatoms. The topological polar surface area (TPSA) is 50.7 Å².